The molecule has 9 aliphatic rings. The number of rotatable bonds is 9. The number of ether oxygens (including phenoxy) is 9. The minimum Gasteiger partial charge on any atom is -0.540 e. The number of hydrogen-bond acceptors (Lipinski definition) is 24. The summed E-state index contributed by atoms with van der Waals surface area (Å²) in [5, 5.41) is 0. The van der Waals surface area contributed by atoms with Crippen LogP contribution in [0.1, 0.15) is 255 Å². The fourth-order valence-corrected chi connectivity index (χ4v) is 20.0. The van der Waals surface area contributed by atoms with Crippen LogP contribution >= 0.6 is 0 Å². The van der Waals surface area contributed by atoms with Crippen LogP contribution in [0.25, 0.3) is 33.1 Å². The van der Waals surface area contributed by atoms with Crippen molar-refractivity contribution in [2.75, 3.05) is 41.0 Å². The SMILES string of the molecule is CC[C@]1(F)[C@@H]2CN(C(=O)[C@H](C(C)(C)C)CC(=O)O[C@@H]3CCC[C@H]3CCCCCc3nc4ccc(OC)cc4nc3O2)[C@@H]1[C-]=O.CC[C@]1(F)[C@@H]2CN(C(=O)[C@H](C(C)(C)C)CC(=O)O[C@@H]3C[C@H]3CCCCCc3nc4ccc(OC)cc4nc3O2)[C@@H]1[C-]=O.CC[C@]1(F)[C@@H]2CN(C(=O)[C@H](C(C)(C)C)CC(=O)O[C@]3(C)C[C@H]3CCCCCc3nc4ccc(OC)cc4nc3O2)[C@@H]1[C-]=O.[V].[V].[V]. The van der Waals surface area contributed by atoms with Gasteiger partial charge in [-0.15, -0.1) is 0 Å². The number of alkyl halides is 3. The number of aromatic nitrogens is 6. The predicted octanol–water partition coefficient (Wildman–Crippen LogP) is 15.9. The average Bonchev–Trinajstić information content (AvgIpc) is 1.60. The van der Waals surface area contributed by atoms with Crippen molar-refractivity contribution >= 4 is 87.6 Å². The quantitative estimate of drug-likeness (QED) is 0.0737. The maximum absolute atomic E-state index is 16.9. The second-order valence-electron chi connectivity index (χ2n) is 40.3. The molecule has 15 rings (SSSR count). The van der Waals surface area contributed by atoms with E-state index >= 15 is 13.2 Å². The van der Waals surface area contributed by atoms with Crippen molar-refractivity contribution in [2.45, 2.75) is 328 Å². The van der Waals surface area contributed by atoms with E-state index in [1.54, 1.807) is 72.9 Å². The Balaban J connectivity index is 0.000000203. The first-order valence-electron chi connectivity index (χ1n) is 46.5. The van der Waals surface area contributed by atoms with E-state index in [-0.39, 0.29) is 150 Å². The van der Waals surface area contributed by atoms with Crippen molar-refractivity contribution < 1.29 is 155 Å². The molecular weight excluding hydrogens is 1810 g/mol. The number of nitrogens with zero attached hydrogens (tertiary/aromatic N) is 9. The van der Waals surface area contributed by atoms with Crippen LogP contribution in [0.15, 0.2) is 54.6 Å². The summed E-state index contributed by atoms with van der Waals surface area (Å²) >= 11 is 0. The van der Waals surface area contributed by atoms with Crippen molar-refractivity contribution in [1.29, 1.82) is 0 Å². The number of esters is 3. The van der Waals surface area contributed by atoms with E-state index in [1.807, 2.05) is 112 Å². The molecule has 6 aliphatic heterocycles. The second kappa shape index (κ2) is 43.9. The number of aryl methyl sites for hydroxylation is 3. The molecule has 9 heterocycles. The summed E-state index contributed by atoms with van der Waals surface area (Å²) in [5.41, 5.74) is -3.72. The molecule has 3 aromatic carbocycles. The van der Waals surface area contributed by atoms with E-state index in [0.717, 1.165) is 109 Å². The van der Waals surface area contributed by atoms with Gasteiger partial charge in [0.1, 0.15) is 69.1 Å². The van der Waals surface area contributed by atoms with Crippen molar-refractivity contribution in [3.05, 3.63) is 71.7 Å². The Morgan fingerprint density at radius 2 is 0.735 bits per heavy atom. The Morgan fingerprint density at radius 3 is 1.07 bits per heavy atom. The summed E-state index contributed by atoms with van der Waals surface area (Å²) in [5.74, 6) is -1.99. The van der Waals surface area contributed by atoms with Gasteiger partial charge in [-0.05, 0) is 199 Å². The smallest absolute Gasteiger partial charge is 0.307 e. The summed E-state index contributed by atoms with van der Waals surface area (Å²) in [6.45, 7) is 23.0. The van der Waals surface area contributed by atoms with E-state index in [2.05, 4.69) is 0 Å². The van der Waals surface area contributed by atoms with Crippen LogP contribution < -0.4 is 28.4 Å². The molecule has 6 bridgehead atoms. The van der Waals surface area contributed by atoms with Crippen LogP contribution in [0.2, 0.25) is 0 Å². The zero-order valence-corrected chi connectivity index (χ0v) is 83.3. The Bertz CT molecular complexity index is 5120. The summed E-state index contributed by atoms with van der Waals surface area (Å²) < 4.78 is 103. The fraction of sp³-hybridized carbons (Fsp3) is 0.667. The van der Waals surface area contributed by atoms with Gasteiger partial charge in [0.15, 0.2) is 18.3 Å². The minimum atomic E-state index is -2.22. The van der Waals surface area contributed by atoms with Gasteiger partial charge in [0.25, 0.3) is 0 Å². The van der Waals surface area contributed by atoms with Crippen LogP contribution in [0.4, 0.5) is 13.2 Å². The Kier molecular flexibility index (Phi) is 35.2. The predicted molar refractivity (Wildman–Crippen MR) is 475 cm³/mol. The van der Waals surface area contributed by atoms with Gasteiger partial charge < -0.3 is 71.7 Å². The molecule has 132 heavy (non-hydrogen) atoms. The minimum absolute atomic E-state index is 0. The number of benzene rings is 3. The van der Waals surface area contributed by atoms with E-state index in [9.17, 15) is 43.2 Å². The monoisotopic (exact) mass is 1940 g/mol. The number of amides is 3. The van der Waals surface area contributed by atoms with Gasteiger partial charge in [-0.2, -0.15) is 0 Å². The topological polar surface area (TPSA) is 324 Å². The Hall–Kier alpha value is -8.15. The van der Waals surface area contributed by atoms with Crippen LogP contribution in [0.3, 0.4) is 0 Å². The molecule has 0 spiro atoms. The molecule has 6 aromatic rings. The van der Waals surface area contributed by atoms with Crippen LogP contribution in [-0.2, 0) is 132 Å². The molecular formula is C99H129F3N9O18V3-3. The summed E-state index contributed by atoms with van der Waals surface area (Å²) in [4.78, 5) is 151. The summed E-state index contributed by atoms with van der Waals surface area (Å²) in [6, 6.07) is 11.7. The van der Waals surface area contributed by atoms with E-state index < -0.39 is 129 Å². The standard InChI is InChI=1S/C34H45FN3O6.C33H43FN3O6.C32H41FN3O6.3V/c1-6-34(35)28(20-39)38-19-29(34)44-31-25(36-24-16-15-22(42-5)17-26(24)37-31)13-9-7-8-11-21-12-10-14-27(21)43-30(40)18-23(32(38)41)33(2,3)4;1-7-33(34)26(19-38)37-18-27(33)42-29-24(35-23-14-13-21(41-6)15-25(23)36-29)12-10-8-9-11-20-17-32(20,5)43-28(39)16-22(30(37)40)31(2,3)4;1-6-32(33)26(18-37)36-17-27(32)42-29-23(34-22-13-12-20(40-5)15-24(22)35-29)11-9-7-8-10-19-14-25(19)41-28(38)16-21(30(36)39)31(2,3)4;;;/h15-17,21,23,27-29H,6-14,18-19H2,1-5H3;13-15,20,22,26-27H,7-12,16-18H2,1-6H3;12-13,15,19,21,25-27H,6-11,14,16-17H2,1-5H3;;;/q3*-1;;;/t21-,23-,27-,28-,29+,34-;20-,22-,26-,27+,32-,33-;19-,21-,25-,26-,27+,32-;;;/m111.../s1. The van der Waals surface area contributed by atoms with Crippen LogP contribution in [-0.4, -0.2) is 211 Å². The zero-order valence-electron chi connectivity index (χ0n) is 79.1. The second-order valence-corrected chi connectivity index (χ2v) is 40.3. The third-order valence-corrected chi connectivity index (χ3v) is 28.6. The normalized spacial score (nSPS) is 30.4. The van der Waals surface area contributed by atoms with Gasteiger partial charge in [0.2, 0.25) is 35.4 Å². The van der Waals surface area contributed by atoms with E-state index in [0.29, 0.717) is 98.5 Å². The Labute approximate surface area is 809 Å². The molecule has 717 valence electrons. The first-order chi connectivity index (χ1) is 61.3. The molecule has 18 atom stereocenters. The molecule has 3 aliphatic carbocycles. The van der Waals surface area contributed by atoms with Crippen molar-refractivity contribution in [1.82, 2.24) is 44.6 Å². The first kappa shape index (κ1) is 106. The number of methoxy groups -OCH3 is 3. The van der Waals surface area contributed by atoms with Crippen LogP contribution in [0.5, 0.6) is 34.9 Å². The third kappa shape index (κ3) is 23.4. The van der Waals surface area contributed by atoms with E-state index in [4.69, 9.17) is 72.5 Å². The van der Waals surface area contributed by atoms with Gasteiger partial charge >= 0.3 is 17.9 Å². The molecule has 3 amide bonds. The molecule has 3 radical (unpaired) electrons. The summed E-state index contributed by atoms with van der Waals surface area (Å²) in [6.07, 6.45) is 18.1. The van der Waals surface area contributed by atoms with Gasteiger partial charge in [0, 0.05) is 79.8 Å². The molecule has 27 nitrogen and oxygen atoms in total. The van der Waals surface area contributed by atoms with Crippen molar-refractivity contribution in [3.63, 3.8) is 0 Å². The largest absolute Gasteiger partial charge is 0.540 e. The van der Waals surface area contributed by atoms with Gasteiger partial charge in [-0.3, -0.25) is 28.8 Å². The molecule has 0 N–H and O–H groups in total. The number of hydrogen-bond donors (Lipinski definition) is 0. The van der Waals surface area contributed by atoms with Gasteiger partial charge in [-0.1, -0.05) is 122 Å². The van der Waals surface area contributed by atoms with Crippen molar-refractivity contribution in [2.24, 2.45) is 51.8 Å². The fourth-order valence-electron chi connectivity index (χ4n) is 20.0. The maximum Gasteiger partial charge on any atom is 0.307 e. The average molecular weight is 1940 g/mol. The van der Waals surface area contributed by atoms with Gasteiger partial charge in [-0.25, -0.2) is 61.9 Å². The van der Waals surface area contributed by atoms with E-state index in [1.165, 1.54) is 14.7 Å². The molecule has 0 unspecified atom stereocenters. The molecule has 3 saturated heterocycles. The number of halogens is 3. The molecule has 6 fully saturated rings. The number of carbonyl (C=O) groups is 6. The summed E-state index contributed by atoms with van der Waals surface area (Å²) in [7, 11) is 4.69. The maximum atomic E-state index is 16.9. The first-order valence-corrected chi connectivity index (χ1v) is 46.5. The third-order valence-electron chi connectivity index (χ3n) is 28.6. The van der Waals surface area contributed by atoms with Crippen LogP contribution in [0, 0.1) is 51.8 Å². The van der Waals surface area contributed by atoms with Gasteiger partial charge in [0.05, 0.1) is 111 Å². The zero-order chi connectivity index (χ0) is 93.0. The molecule has 3 aromatic heterocycles. The Morgan fingerprint density at radius 1 is 0.409 bits per heavy atom. The molecule has 33 heteroatoms. The number of carbonyl (C=O) groups excluding carboxylic acids is 9. The molecule has 3 saturated carbocycles. The number of fused-ring (bicyclic) bond motifs is 15. The van der Waals surface area contributed by atoms with Crippen molar-refractivity contribution in [3.8, 4) is 34.9 Å².